The summed E-state index contributed by atoms with van der Waals surface area (Å²) >= 11 is 0. The lowest BCUT2D eigenvalue weighted by atomic mass is 9.85. The molecule has 3 atom stereocenters. The molecule has 0 radical (unpaired) electrons. The Bertz CT molecular complexity index is 591. The van der Waals surface area contributed by atoms with E-state index < -0.39 is 17.6 Å². The van der Waals surface area contributed by atoms with Crippen molar-refractivity contribution in [1.82, 2.24) is 4.98 Å². The summed E-state index contributed by atoms with van der Waals surface area (Å²) < 4.78 is 5.73. The van der Waals surface area contributed by atoms with Crippen LogP contribution in [0.25, 0.3) is 0 Å². The molecule has 0 saturated heterocycles. The minimum Gasteiger partial charge on any atom is -0.493 e. The molecular formula is C20H32N2O4. The van der Waals surface area contributed by atoms with Crippen LogP contribution in [0.3, 0.4) is 0 Å². The fourth-order valence-electron chi connectivity index (χ4n) is 2.94. The number of nitrogens with zero attached hydrogens (tertiary/aromatic N) is 1. The average Bonchev–Trinajstić information content (AvgIpc) is 3.43. The van der Waals surface area contributed by atoms with Crippen molar-refractivity contribution in [1.29, 1.82) is 0 Å². The molecule has 6 heteroatoms. The van der Waals surface area contributed by atoms with Crippen molar-refractivity contribution in [3.05, 3.63) is 24.0 Å². The number of nitrogens with two attached hydrogens (primary N) is 1. The number of hydrogen-bond acceptors (Lipinski definition) is 5. The lowest BCUT2D eigenvalue weighted by molar-refractivity contribution is -0.161. The third kappa shape index (κ3) is 5.95. The molecule has 26 heavy (non-hydrogen) atoms. The van der Waals surface area contributed by atoms with Crippen LogP contribution >= 0.6 is 0 Å². The van der Waals surface area contributed by atoms with Crippen LogP contribution in [0.15, 0.2) is 18.3 Å². The van der Waals surface area contributed by atoms with Gasteiger partial charge in [0.05, 0.1) is 6.61 Å². The molecule has 1 aromatic heterocycles. The largest absolute Gasteiger partial charge is 0.493 e. The molecule has 1 saturated carbocycles. The Morgan fingerprint density at radius 1 is 1.46 bits per heavy atom. The topological polar surface area (TPSA) is 106 Å². The molecule has 0 spiro atoms. The van der Waals surface area contributed by atoms with Gasteiger partial charge in [0.2, 0.25) is 0 Å². The van der Waals surface area contributed by atoms with Gasteiger partial charge in [0, 0.05) is 30.4 Å². The second-order valence-corrected chi connectivity index (χ2v) is 7.67. The van der Waals surface area contributed by atoms with Crippen LogP contribution in [0.5, 0.6) is 5.75 Å². The van der Waals surface area contributed by atoms with Crippen molar-refractivity contribution in [2.45, 2.75) is 70.4 Å². The fourth-order valence-corrected chi connectivity index (χ4v) is 2.94. The van der Waals surface area contributed by atoms with Crippen LogP contribution < -0.4 is 10.5 Å². The van der Waals surface area contributed by atoms with Crippen molar-refractivity contribution in [2.75, 3.05) is 6.61 Å². The molecule has 2 rings (SSSR count). The third-order valence-electron chi connectivity index (χ3n) is 5.38. The van der Waals surface area contributed by atoms with E-state index in [1.54, 1.807) is 18.3 Å². The number of carboxylic acids is 1. The molecule has 1 heterocycles. The number of pyridine rings is 1. The van der Waals surface area contributed by atoms with Gasteiger partial charge in [0.15, 0.2) is 5.60 Å². The molecule has 0 bridgehead atoms. The molecule has 1 aliphatic carbocycles. The van der Waals surface area contributed by atoms with E-state index >= 15 is 0 Å². The predicted octanol–water partition coefficient (Wildman–Crippen LogP) is 2.77. The van der Waals surface area contributed by atoms with E-state index in [1.807, 2.05) is 0 Å². The Labute approximate surface area is 155 Å². The van der Waals surface area contributed by atoms with Gasteiger partial charge in [-0.15, -0.1) is 0 Å². The summed E-state index contributed by atoms with van der Waals surface area (Å²) in [5, 5.41) is 20.3. The minimum absolute atomic E-state index is 0.135. The van der Waals surface area contributed by atoms with Gasteiger partial charge in [0.25, 0.3) is 0 Å². The molecular weight excluding hydrogens is 332 g/mol. The summed E-state index contributed by atoms with van der Waals surface area (Å²) in [5.74, 6) is 0.574. The van der Waals surface area contributed by atoms with Crippen LogP contribution in [-0.2, 0) is 11.2 Å². The quantitative estimate of drug-likeness (QED) is 0.527. The zero-order valence-corrected chi connectivity index (χ0v) is 15.9. The Balaban J connectivity index is 1.99. The standard InChI is InChI=1S/C20H32N2O4/c1-3-14(2)4-7-18(21)20(25,19(23)24)13-16-12-17(8-10-22-16)26-11-9-15-5-6-15/h8,10,12,14-15,18,25H,3-7,9,11,13,21H2,1-2H3,(H,23,24). The number of carboxylic acid groups (broad SMARTS) is 1. The zero-order valence-electron chi connectivity index (χ0n) is 15.9. The molecule has 6 nitrogen and oxygen atoms in total. The highest BCUT2D eigenvalue weighted by Gasteiger charge is 2.42. The fraction of sp³-hybridized carbons (Fsp3) is 0.700. The van der Waals surface area contributed by atoms with E-state index in [4.69, 9.17) is 10.5 Å². The van der Waals surface area contributed by atoms with Crippen molar-refractivity contribution >= 4 is 5.97 Å². The van der Waals surface area contributed by atoms with Crippen LogP contribution in [0.1, 0.15) is 58.1 Å². The number of rotatable bonds is 12. The molecule has 1 aliphatic rings. The van der Waals surface area contributed by atoms with E-state index in [0.29, 0.717) is 30.4 Å². The normalized spacial score (nSPS) is 18.8. The van der Waals surface area contributed by atoms with E-state index in [9.17, 15) is 15.0 Å². The monoisotopic (exact) mass is 364 g/mol. The summed E-state index contributed by atoms with van der Waals surface area (Å²) in [7, 11) is 0. The van der Waals surface area contributed by atoms with Crippen LogP contribution in [-0.4, -0.2) is 39.4 Å². The highest BCUT2D eigenvalue weighted by molar-refractivity contribution is 5.78. The number of aliphatic carboxylic acids is 1. The molecule has 146 valence electrons. The number of aromatic nitrogens is 1. The number of ether oxygens (including phenoxy) is 1. The first kappa shape index (κ1) is 20.6. The van der Waals surface area contributed by atoms with Crippen molar-refractivity contribution in [2.24, 2.45) is 17.6 Å². The van der Waals surface area contributed by atoms with Gasteiger partial charge >= 0.3 is 5.97 Å². The van der Waals surface area contributed by atoms with Crippen LogP contribution in [0.2, 0.25) is 0 Å². The molecule has 0 aliphatic heterocycles. The Morgan fingerprint density at radius 2 is 2.19 bits per heavy atom. The SMILES string of the molecule is CCC(C)CCC(N)C(O)(Cc1cc(OCCC2CC2)ccn1)C(=O)O. The Morgan fingerprint density at radius 3 is 2.81 bits per heavy atom. The highest BCUT2D eigenvalue weighted by atomic mass is 16.5. The number of carbonyl (C=O) groups is 1. The second kappa shape index (κ2) is 9.33. The molecule has 1 aromatic rings. The predicted molar refractivity (Wildman–Crippen MR) is 100 cm³/mol. The zero-order chi connectivity index (χ0) is 19.2. The van der Waals surface area contributed by atoms with Crippen molar-refractivity contribution < 1.29 is 19.7 Å². The summed E-state index contributed by atoms with van der Waals surface area (Å²) in [6, 6.07) is 2.59. The van der Waals surface area contributed by atoms with E-state index in [2.05, 4.69) is 18.8 Å². The van der Waals surface area contributed by atoms with Gasteiger partial charge in [-0.3, -0.25) is 4.98 Å². The first-order valence-corrected chi connectivity index (χ1v) is 9.64. The maximum atomic E-state index is 11.7. The molecule has 0 aromatic carbocycles. The van der Waals surface area contributed by atoms with E-state index in [-0.39, 0.29) is 6.42 Å². The van der Waals surface area contributed by atoms with Gasteiger partial charge < -0.3 is 20.7 Å². The average molecular weight is 364 g/mol. The summed E-state index contributed by atoms with van der Waals surface area (Å²) in [6.07, 6.45) is 7.28. The van der Waals surface area contributed by atoms with Gasteiger partial charge in [-0.1, -0.05) is 33.1 Å². The molecule has 1 fully saturated rings. The van der Waals surface area contributed by atoms with Crippen molar-refractivity contribution in [3.8, 4) is 5.75 Å². The number of aliphatic hydroxyl groups is 1. The Kier molecular flexibility index (Phi) is 7.41. The van der Waals surface area contributed by atoms with Crippen molar-refractivity contribution in [3.63, 3.8) is 0 Å². The van der Waals surface area contributed by atoms with Gasteiger partial charge in [0.1, 0.15) is 5.75 Å². The lowest BCUT2D eigenvalue weighted by Crippen LogP contribution is -2.55. The second-order valence-electron chi connectivity index (χ2n) is 7.67. The maximum absolute atomic E-state index is 11.7. The molecule has 3 unspecified atom stereocenters. The summed E-state index contributed by atoms with van der Waals surface area (Å²) in [6.45, 7) is 4.82. The van der Waals surface area contributed by atoms with Crippen LogP contribution in [0, 0.1) is 11.8 Å². The van der Waals surface area contributed by atoms with Crippen LogP contribution in [0.4, 0.5) is 0 Å². The molecule has 0 amide bonds. The van der Waals surface area contributed by atoms with Gasteiger partial charge in [-0.25, -0.2) is 4.79 Å². The maximum Gasteiger partial charge on any atom is 0.337 e. The minimum atomic E-state index is -2.03. The summed E-state index contributed by atoms with van der Waals surface area (Å²) in [4.78, 5) is 15.9. The first-order valence-electron chi connectivity index (χ1n) is 9.64. The molecule has 4 N–H and O–H groups in total. The smallest absolute Gasteiger partial charge is 0.337 e. The van der Waals surface area contributed by atoms with E-state index in [1.165, 1.54) is 12.8 Å². The summed E-state index contributed by atoms with van der Waals surface area (Å²) in [5.41, 5.74) is 4.51. The lowest BCUT2D eigenvalue weighted by Gasteiger charge is -2.30. The third-order valence-corrected chi connectivity index (χ3v) is 5.38. The highest BCUT2D eigenvalue weighted by Crippen LogP contribution is 2.32. The van der Waals surface area contributed by atoms with E-state index in [0.717, 1.165) is 25.2 Å². The number of hydrogen-bond donors (Lipinski definition) is 3. The first-order chi connectivity index (χ1) is 12.3. The van der Waals surface area contributed by atoms with Gasteiger partial charge in [-0.05, 0) is 37.2 Å². The van der Waals surface area contributed by atoms with Gasteiger partial charge in [-0.2, -0.15) is 0 Å². The Hall–Kier alpha value is -1.66.